The molecule has 0 bridgehead atoms. The summed E-state index contributed by atoms with van der Waals surface area (Å²) >= 11 is 0. The zero-order valence-corrected chi connectivity index (χ0v) is 7.78. The average Bonchev–Trinajstić information content (AvgIpc) is 2.11. The molecule has 76 valence electrons. The van der Waals surface area contributed by atoms with Crippen molar-refractivity contribution in [1.82, 2.24) is 5.32 Å². The number of carbonyl (C=O) groups excluding carboxylic acids is 1. The number of carboxylic acids is 1. The standard InChI is InChI=1S/C8H15NO4/c1-5(6(2)8(12)13)7(11)9-3-4-10/h5-6,10H,3-4H2,1-2H3,(H,9,11)(H,12,13). The highest BCUT2D eigenvalue weighted by Crippen LogP contribution is 2.10. The molecule has 2 unspecified atom stereocenters. The van der Waals surface area contributed by atoms with Crippen LogP contribution in [0.15, 0.2) is 0 Å². The Kier molecular flexibility index (Phi) is 5.06. The van der Waals surface area contributed by atoms with E-state index in [2.05, 4.69) is 5.32 Å². The first-order valence-electron chi connectivity index (χ1n) is 4.12. The number of aliphatic carboxylic acids is 1. The van der Waals surface area contributed by atoms with E-state index in [0.29, 0.717) is 0 Å². The summed E-state index contributed by atoms with van der Waals surface area (Å²) in [5, 5.41) is 19.4. The van der Waals surface area contributed by atoms with Crippen LogP contribution in [0.1, 0.15) is 13.8 Å². The smallest absolute Gasteiger partial charge is 0.307 e. The van der Waals surface area contributed by atoms with Gasteiger partial charge in [0, 0.05) is 12.5 Å². The molecule has 0 aliphatic rings. The van der Waals surface area contributed by atoms with Crippen LogP contribution in [0.3, 0.4) is 0 Å². The minimum absolute atomic E-state index is 0.139. The predicted octanol–water partition coefficient (Wildman–Crippen LogP) is -0.548. The second-order valence-corrected chi connectivity index (χ2v) is 2.93. The van der Waals surface area contributed by atoms with Crippen LogP contribution < -0.4 is 5.32 Å². The van der Waals surface area contributed by atoms with Crippen molar-refractivity contribution in [2.24, 2.45) is 11.8 Å². The molecule has 0 fully saturated rings. The maximum Gasteiger partial charge on any atom is 0.307 e. The van der Waals surface area contributed by atoms with Gasteiger partial charge in [-0.2, -0.15) is 0 Å². The zero-order valence-electron chi connectivity index (χ0n) is 7.78. The van der Waals surface area contributed by atoms with Crippen LogP contribution in [0.2, 0.25) is 0 Å². The van der Waals surface area contributed by atoms with Crippen molar-refractivity contribution in [1.29, 1.82) is 0 Å². The van der Waals surface area contributed by atoms with Crippen molar-refractivity contribution < 1.29 is 19.8 Å². The van der Waals surface area contributed by atoms with Crippen molar-refractivity contribution in [3.8, 4) is 0 Å². The summed E-state index contributed by atoms with van der Waals surface area (Å²) in [4.78, 5) is 21.7. The van der Waals surface area contributed by atoms with E-state index in [1.807, 2.05) is 0 Å². The molecule has 0 aliphatic heterocycles. The summed E-state index contributed by atoms with van der Waals surface area (Å²) in [6.07, 6.45) is 0. The van der Waals surface area contributed by atoms with Gasteiger partial charge in [0.1, 0.15) is 0 Å². The van der Waals surface area contributed by atoms with E-state index in [0.717, 1.165) is 0 Å². The second kappa shape index (κ2) is 5.53. The largest absolute Gasteiger partial charge is 0.481 e. The van der Waals surface area contributed by atoms with Crippen molar-refractivity contribution >= 4 is 11.9 Å². The molecule has 0 saturated heterocycles. The maximum atomic E-state index is 11.2. The summed E-state index contributed by atoms with van der Waals surface area (Å²) in [5.74, 6) is -2.63. The first kappa shape index (κ1) is 11.9. The Bertz CT molecular complexity index is 193. The molecule has 0 aliphatic carbocycles. The van der Waals surface area contributed by atoms with Crippen LogP contribution in [0.5, 0.6) is 0 Å². The predicted molar refractivity (Wildman–Crippen MR) is 46.1 cm³/mol. The van der Waals surface area contributed by atoms with Gasteiger partial charge in [-0.3, -0.25) is 9.59 Å². The van der Waals surface area contributed by atoms with Gasteiger partial charge in [-0.1, -0.05) is 13.8 Å². The fraction of sp³-hybridized carbons (Fsp3) is 0.750. The lowest BCUT2D eigenvalue weighted by Gasteiger charge is -2.14. The number of rotatable bonds is 5. The summed E-state index contributed by atoms with van der Waals surface area (Å²) in [6.45, 7) is 3.05. The zero-order chi connectivity index (χ0) is 10.4. The molecule has 0 spiro atoms. The number of carboxylic acid groups (broad SMARTS) is 1. The molecule has 5 nitrogen and oxygen atoms in total. The summed E-state index contributed by atoms with van der Waals surface area (Å²) in [5.41, 5.74) is 0. The summed E-state index contributed by atoms with van der Waals surface area (Å²) in [6, 6.07) is 0. The number of nitrogens with one attached hydrogen (secondary N) is 1. The van der Waals surface area contributed by atoms with E-state index in [-0.39, 0.29) is 19.1 Å². The quantitative estimate of drug-likeness (QED) is 0.541. The van der Waals surface area contributed by atoms with E-state index in [9.17, 15) is 9.59 Å². The van der Waals surface area contributed by atoms with Gasteiger partial charge in [-0.15, -0.1) is 0 Å². The third-order valence-corrected chi connectivity index (χ3v) is 1.96. The van der Waals surface area contributed by atoms with Gasteiger partial charge in [-0.05, 0) is 0 Å². The Balaban J connectivity index is 4.01. The molecule has 0 heterocycles. The molecule has 0 aromatic carbocycles. The van der Waals surface area contributed by atoms with E-state index in [1.54, 1.807) is 6.92 Å². The average molecular weight is 189 g/mol. The molecule has 3 N–H and O–H groups in total. The third kappa shape index (κ3) is 3.89. The van der Waals surface area contributed by atoms with Gasteiger partial charge in [0.25, 0.3) is 0 Å². The Morgan fingerprint density at radius 3 is 2.23 bits per heavy atom. The van der Waals surface area contributed by atoms with E-state index in [4.69, 9.17) is 10.2 Å². The molecule has 0 aromatic heterocycles. The Labute approximate surface area is 76.8 Å². The molecule has 0 saturated carbocycles. The number of hydrogen-bond acceptors (Lipinski definition) is 3. The lowest BCUT2D eigenvalue weighted by atomic mass is 9.95. The van der Waals surface area contributed by atoms with E-state index in [1.165, 1.54) is 6.92 Å². The number of amides is 1. The molecule has 1 amide bonds. The fourth-order valence-electron chi connectivity index (χ4n) is 0.781. The topological polar surface area (TPSA) is 86.6 Å². The van der Waals surface area contributed by atoms with E-state index < -0.39 is 17.8 Å². The first-order chi connectivity index (χ1) is 6.00. The SMILES string of the molecule is CC(C(=O)O)C(C)C(=O)NCCO. The van der Waals surface area contributed by atoms with Gasteiger partial charge >= 0.3 is 5.97 Å². The lowest BCUT2D eigenvalue weighted by molar-refractivity contribution is -0.146. The van der Waals surface area contributed by atoms with Crippen molar-refractivity contribution in [3.05, 3.63) is 0 Å². The first-order valence-corrected chi connectivity index (χ1v) is 4.12. The fourth-order valence-corrected chi connectivity index (χ4v) is 0.781. The van der Waals surface area contributed by atoms with Crippen molar-refractivity contribution in [2.75, 3.05) is 13.2 Å². The van der Waals surface area contributed by atoms with Crippen molar-refractivity contribution in [3.63, 3.8) is 0 Å². The molecule has 0 radical (unpaired) electrons. The number of aliphatic hydroxyl groups excluding tert-OH is 1. The number of carbonyl (C=O) groups is 2. The molecule has 0 rings (SSSR count). The van der Waals surface area contributed by atoms with Gasteiger partial charge in [0.05, 0.1) is 12.5 Å². The lowest BCUT2D eigenvalue weighted by Crippen LogP contribution is -2.36. The molecule has 2 atom stereocenters. The number of hydrogen-bond donors (Lipinski definition) is 3. The monoisotopic (exact) mass is 189 g/mol. The Hall–Kier alpha value is -1.10. The summed E-state index contributed by atoms with van der Waals surface area (Å²) in [7, 11) is 0. The minimum atomic E-state index is -0.994. The second-order valence-electron chi connectivity index (χ2n) is 2.93. The normalized spacial score (nSPS) is 14.7. The van der Waals surface area contributed by atoms with Crippen LogP contribution in [-0.2, 0) is 9.59 Å². The van der Waals surface area contributed by atoms with Crippen LogP contribution in [0, 0.1) is 11.8 Å². The van der Waals surface area contributed by atoms with Crippen molar-refractivity contribution in [2.45, 2.75) is 13.8 Å². The summed E-state index contributed by atoms with van der Waals surface area (Å²) < 4.78 is 0. The van der Waals surface area contributed by atoms with Gasteiger partial charge in [0.2, 0.25) is 5.91 Å². The third-order valence-electron chi connectivity index (χ3n) is 1.96. The highest BCUT2D eigenvalue weighted by atomic mass is 16.4. The molecule has 5 heteroatoms. The Morgan fingerprint density at radius 1 is 1.31 bits per heavy atom. The molecular weight excluding hydrogens is 174 g/mol. The molecule has 0 aromatic rings. The minimum Gasteiger partial charge on any atom is -0.481 e. The van der Waals surface area contributed by atoms with E-state index >= 15 is 0 Å². The molecule has 13 heavy (non-hydrogen) atoms. The highest BCUT2D eigenvalue weighted by molar-refractivity contribution is 5.84. The number of aliphatic hydroxyl groups is 1. The molecular formula is C8H15NO4. The van der Waals surface area contributed by atoms with Crippen LogP contribution in [-0.4, -0.2) is 35.2 Å². The maximum absolute atomic E-state index is 11.2. The highest BCUT2D eigenvalue weighted by Gasteiger charge is 2.25. The van der Waals surface area contributed by atoms with Crippen LogP contribution in [0.25, 0.3) is 0 Å². The van der Waals surface area contributed by atoms with Gasteiger partial charge in [0.15, 0.2) is 0 Å². The van der Waals surface area contributed by atoms with Crippen LogP contribution in [0.4, 0.5) is 0 Å². The van der Waals surface area contributed by atoms with Gasteiger partial charge in [-0.25, -0.2) is 0 Å². The van der Waals surface area contributed by atoms with Crippen LogP contribution >= 0.6 is 0 Å². The Morgan fingerprint density at radius 2 is 1.85 bits per heavy atom. The van der Waals surface area contributed by atoms with Gasteiger partial charge < -0.3 is 15.5 Å².